The monoisotopic (exact) mass is 471 g/mol. The Balaban J connectivity index is 1.72. The normalized spacial score (nSPS) is 19.5. The van der Waals surface area contributed by atoms with E-state index in [1.54, 1.807) is 6.20 Å². The largest absolute Gasteiger partial charge is 0.394 e. The number of carbonyl (C=O) groups excluding carboxylic acids is 2. The van der Waals surface area contributed by atoms with Crippen molar-refractivity contribution in [1.82, 2.24) is 20.2 Å². The zero-order chi connectivity index (χ0) is 24.0. The Labute approximate surface area is 198 Å². The molecule has 9 heteroatoms. The molecule has 0 aromatic carbocycles. The van der Waals surface area contributed by atoms with Gasteiger partial charge in [0.1, 0.15) is 11.5 Å². The van der Waals surface area contributed by atoms with Crippen LogP contribution in [0.1, 0.15) is 79.2 Å². The zero-order valence-electron chi connectivity index (χ0n) is 20.0. The molecule has 2 amide bonds. The molecule has 3 N–H and O–H groups in total. The smallest absolute Gasteiger partial charge is 0.280 e. The molecule has 8 nitrogen and oxygen atoms in total. The molecule has 33 heavy (non-hydrogen) atoms. The van der Waals surface area contributed by atoms with E-state index in [1.165, 1.54) is 11.3 Å². The molecule has 0 radical (unpaired) electrons. The first-order valence-corrected chi connectivity index (χ1v) is 12.3. The van der Waals surface area contributed by atoms with Crippen molar-refractivity contribution in [2.45, 2.75) is 77.4 Å². The van der Waals surface area contributed by atoms with Crippen molar-refractivity contribution in [3.05, 3.63) is 28.5 Å². The summed E-state index contributed by atoms with van der Waals surface area (Å²) in [6, 6.07) is 2.10. The molecule has 1 aliphatic carbocycles. The molecule has 1 saturated heterocycles. The van der Waals surface area contributed by atoms with Crippen LogP contribution >= 0.6 is 11.3 Å². The Kier molecular flexibility index (Phi) is 6.22. The zero-order valence-corrected chi connectivity index (χ0v) is 20.8. The number of amides is 2. The summed E-state index contributed by atoms with van der Waals surface area (Å²) in [7, 11) is 0. The highest BCUT2D eigenvalue weighted by molar-refractivity contribution is 7.17. The standard InChI is InChI=1S/C24H33N5O3S/c1-14-11-17(27-23(3,4)5)25-12-16(14)19-18(22(32)29-10-6-7-15(29)2)26-21(33-19)20(31)28-24(13-30)8-9-24/h11-12,15,30H,6-10,13H2,1-5H3,(H,25,27)(H,28,31)/t15-/m0/s1. The number of pyridine rings is 1. The van der Waals surface area contributed by atoms with Gasteiger partial charge in [-0.15, -0.1) is 11.3 Å². The lowest BCUT2D eigenvalue weighted by Crippen LogP contribution is -2.39. The number of hydrogen-bond acceptors (Lipinski definition) is 7. The van der Waals surface area contributed by atoms with E-state index in [-0.39, 0.29) is 35.0 Å². The molecule has 3 heterocycles. The topological polar surface area (TPSA) is 107 Å². The summed E-state index contributed by atoms with van der Waals surface area (Å²) in [5.74, 6) is 0.258. The lowest BCUT2D eigenvalue weighted by atomic mass is 10.1. The number of nitrogens with one attached hydrogen (secondary N) is 2. The van der Waals surface area contributed by atoms with Crippen molar-refractivity contribution in [2.24, 2.45) is 0 Å². The lowest BCUT2D eigenvalue weighted by molar-refractivity contribution is 0.0743. The van der Waals surface area contributed by atoms with Gasteiger partial charge in [0.25, 0.3) is 11.8 Å². The van der Waals surface area contributed by atoms with E-state index in [0.29, 0.717) is 17.1 Å². The predicted molar refractivity (Wildman–Crippen MR) is 130 cm³/mol. The number of rotatable bonds is 6. The third kappa shape index (κ3) is 5.04. The summed E-state index contributed by atoms with van der Waals surface area (Å²) >= 11 is 1.21. The average molecular weight is 472 g/mol. The summed E-state index contributed by atoms with van der Waals surface area (Å²) in [5.41, 5.74) is 1.37. The molecule has 1 saturated carbocycles. The van der Waals surface area contributed by atoms with Crippen LogP contribution in [0.4, 0.5) is 5.82 Å². The van der Waals surface area contributed by atoms with Gasteiger partial charge in [-0.25, -0.2) is 9.97 Å². The molecule has 0 spiro atoms. The molecule has 2 aromatic heterocycles. The average Bonchev–Trinajstić information content (AvgIpc) is 3.15. The Hall–Kier alpha value is -2.52. The number of aliphatic hydroxyl groups excluding tert-OH is 1. The van der Waals surface area contributed by atoms with E-state index >= 15 is 0 Å². The second-order valence-corrected chi connectivity index (χ2v) is 11.3. The molecule has 2 fully saturated rings. The SMILES string of the molecule is Cc1cc(NC(C)(C)C)ncc1-c1sc(C(=O)NC2(CO)CC2)nc1C(=O)N1CCC[C@@H]1C. The van der Waals surface area contributed by atoms with Gasteiger partial charge in [0, 0.05) is 29.9 Å². The number of carbonyl (C=O) groups is 2. The first kappa shape index (κ1) is 23.6. The Morgan fingerprint density at radius 2 is 2.06 bits per heavy atom. The van der Waals surface area contributed by atoms with Crippen molar-refractivity contribution in [3.8, 4) is 10.4 Å². The minimum atomic E-state index is -0.547. The minimum absolute atomic E-state index is 0.0979. The van der Waals surface area contributed by atoms with E-state index in [1.807, 2.05) is 24.8 Å². The molecule has 178 valence electrons. The number of thiazole rings is 1. The second kappa shape index (κ2) is 8.68. The summed E-state index contributed by atoms with van der Waals surface area (Å²) in [4.78, 5) is 38.0. The van der Waals surface area contributed by atoms with Gasteiger partial charge in [0.05, 0.1) is 17.0 Å². The number of hydrogen-bond donors (Lipinski definition) is 3. The van der Waals surface area contributed by atoms with E-state index in [2.05, 4.69) is 41.4 Å². The van der Waals surface area contributed by atoms with Crippen LogP contribution in [0, 0.1) is 6.92 Å². The minimum Gasteiger partial charge on any atom is -0.394 e. The molecule has 2 aliphatic rings. The first-order valence-electron chi connectivity index (χ1n) is 11.5. The van der Waals surface area contributed by atoms with Crippen LogP contribution in [0.2, 0.25) is 0 Å². The number of nitrogens with zero attached hydrogens (tertiary/aromatic N) is 3. The number of aromatic nitrogens is 2. The van der Waals surface area contributed by atoms with Crippen molar-refractivity contribution in [1.29, 1.82) is 0 Å². The van der Waals surface area contributed by atoms with Gasteiger partial charge in [-0.3, -0.25) is 9.59 Å². The highest BCUT2D eigenvalue weighted by Gasteiger charge is 2.44. The lowest BCUT2D eigenvalue weighted by Gasteiger charge is -2.22. The van der Waals surface area contributed by atoms with Crippen LogP contribution in [-0.2, 0) is 0 Å². The van der Waals surface area contributed by atoms with Crippen LogP contribution in [0.15, 0.2) is 12.3 Å². The fraction of sp³-hybridized carbons (Fsp3) is 0.583. The fourth-order valence-electron chi connectivity index (χ4n) is 4.13. The molecule has 2 aromatic rings. The fourth-order valence-corrected chi connectivity index (χ4v) is 5.16. The summed E-state index contributed by atoms with van der Waals surface area (Å²) in [6.45, 7) is 10.8. The van der Waals surface area contributed by atoms with Gasteiger partial charge in [-0.2, -0.15) is 0 Å². The van der Waals surface area contributed by atoms with Gasteiger partial charge in [0.15, 0.2) is 5.01 Å². The first-order chi connectivity index (χ1) is 15.5. The van der Waals surface area contributed by atoms with Gasteiger partial charge in [0.2, 0.25) is 0 Å². The maximum absolute atomic E-state index is 13.5. The molecule has 1 aliphatic heterocycles. The molecular formula is C24H33N5O3S. The third-order valence-electron chi connectivity index (χ3n) is 6.23. The Morgan fingerprint density at radius 3 is 2.61 bits per heavy atom. The molecule has 0 bridgehead atoms. The number of likely N-dealkylation sites (tertiary alicyclic amines) is 1. The van der Waals surface area contributed by atoms with E-state index < -0.39 is 5.54 Å². The van der Waals surface area contributed by atoms with Crippen molar-refractivity contribution >= 4 is 29.0 Å². The van der Waals surface area contributed by atoms with Crippen LogP contribution < -0.4 is 10.6 Å². The van der Waals surface area contributed by atoms with Gasteiger partial charge in [-0.05, 0) is 71.9 Å². The molecule has 0 unspecified atom stereocenters. The summed E-state index contributed by atoms with van der Waals surface area (Å²) in [5, 5.41) is 16.1. The maximum Gasteiger partial charge on any atom is 0.280 e. The van der Waals surface area contributed by atoms with Crippen LogP contribution in [0.25, 0.3) is 10.4 Å². The van der Waals surface area contributed by atoms with Crippen molar-refractivity contribution < 1.29 is 14.7 Å². The highest BCUT2D eigenvalue weighted by atomic mass is 32.1. The van der Waals surface area contributed by atoms with Crippen LogP contribution in [0.5, 0.6) is 0 Å². The summed E-state index contributed by atoms with van der Waals surface area (Å²) in [6.07, 6.45) is 5.17. The molecule has 4 rings (SSSR count). The van der Waals surface area contributed by atoms with E-state index in [0.717, 1.165) is 42.6 Å². The van der Waals surface area contributed by atoms with Crippen LogP contribution in [-0.4, -0.2) is 62.1 Å². The Bertz CT molecular complexity index is 1070. The Morgan fingerprint density at radius 1 is 1.33 bits per heavy atom. The number of anilines is 1. The highest BCUT2D eigenvalue weighted by Crippen LogP contribution is 2.38. The molecule has 1 atom stereocenters. The molecular weight excluding hydrogens is 438 g/mol. The van der Waals surface area contributed by atoms with E-state index in [4.69, 9.17) is 0 Å². The van der Waals surface area contributed by atoms with Gasteiger partial charge >= 0.3 is 0 Å². The maximum atomic E-state index is 13.5. The van der Waals surface area contributed by atoms with E-state index in [9.17, 15) is 14.7 Å². The summed E-state index contributed by atoms with van der Waals surface area (Å²) < 4.78 is 0. The van der Waals surface area contributed by atoms with Crippen molar-refractivity contribution in [2.75, 3.05) is 18.5 Å². The van der Waals surface area contributed by atoms with Gasteiger partial charge < -0.3 is 20.6 Å². The van der Waals surface area contributed by atoms with Gasteiger partial charge in [-0.1, -0.05) is 0 Å². The number of aryl methyl sites for hydroxylation is 1. The number of aliphatic hydroxyl groups is 1. The van der Waals surface area contributed by atoms with Crippen molar-refractivity contribution in [3.63, 3.8) is 0 Å². The predicted octanol–water partition coefficient (Wildman–Crippen LogP) is 3.60. The quantitative estimate of drug-likeness (QED) is 0.594. The third-order valence-corrected chi connectivity index (χ3v) is 7.32. The van der Waals surface area contributed by atoms with Crippen LogP contribution in [0.3, 0.4) is 0 Å². The second-order valence-electron chi connectivity index (χ2n) is 10.3.